The van der Waals surface area contributed by atoms with Crippen molar-refractivity contribution >= 4 is 11.8 Å². The first kappa shape index (κ1) is 15.2. The molecule has 0 N–H and O–H groups in total. The number of hydrogen-bond acceptors (Lipinski definition) is 3. The number of ketones is 1. The summed E-state index contributed by atoms with van der Waals surface area (Å²) in [5.74, 6) is 2.59. The molecule has 0 amide bonds. The van der Waals surface area contributed by atoms with Crippen LogP contribution in [0.3, 0.4) is 0 Å². The van der Waals surface area contributed by atoms with Crippen LogP contribution in [0.2, 0.25) is 0 Å². The van der Waals surface area contributed by atoms with Crippen LogP contribution in [0, 0.1) is 12.3 Å². The lowest BCUT2D eigenvalue weighted by Crippen LogP contribution is -1.97. The Morgan fingerprint density at radius 1 is 1.16 bits per heavy atom. The van der Waals surface area contributed by atoms with E-state index in [1.807, 2.05) is 0 Å². The molecule has 1 rings (SSSR count). The van der Waals surface area contributed by atoms with E-state index in [9.17, 15) is 9.59 Å². The summed E-state index contributed by atoms with van der Waals surface area (Å²) < 4.78 is 4.79. The van der Waals surface area contributed by atoms with Crippen LogP contribution >= 0.6 is 0 Å². The Morgan fingerprint density at radius 2 is 1.84 bits per heavy atom. The van der Waals surface area contributed by atoms with Crippen LogP contribution in [0.15, 0.2) is 24.0 Å². The maximum Gasteiger partial charge on any atom is 0.336 e. The molecule has 1 aliphatic rings. The minimum atomic E-state index is -0.411. The minimum Gasteiger partial charge on any atom is -0.423 e. The van der Waals surface area contributed by atoms with Gasteiger partial charge in [0.2, 0.25) is 0 Å². The lowest BCUT2D eigenvalue weighted by molar-refractivity contribution is -0.132. The Bertz CT molecular complexity index is 410. The largest absolute Gasteiger partial charge is 0.423 e. The second-order valence-corrected chi connectivity index (χ2v) is 4.59. The topological polar surface area (TPSA) is 43.4 Å². The number of ether oxygens (including phenoxy) is 1. The van der Waals surface area contributed by atoms with Gasteiger partial charge in [0.1, 0.15) is 5.76 Å². The molecule has 3 nitrogen and oxygen atoms in total. The molecule has 0 radical (unpaired) electrons. The van der Waals surface area contributed by atoms with Crippen LogP contribution in [0.5, 0.6) is 0 Å². The smallest absolute Gasteiger partial charge is 0.336 e. The normalized spacial score (nSPS) is 15.5. The fourth-order valence-corrected chi connectivity index (χ4v) is 1.88. The summed E-state index contributed by atoms with van der Waals surface area (Å²) in [6.45, 7) is 0. The first-order chi connectivity index (χ1) is 9.22. The van der Waals surface area contributed by atoms with E-state index in [0.29, 0.717) is 12.2 Å². The number of cyclic esters (lactones) is 1. The zero-order chi connectivity index (χ0) is 13.9. The van der Waals surface area contributed by atoms with Crippen LogP contribution in [0.4, 0.5) is 0 Å². The Kier molecular flexibility index (Phi) is 7.34. The van der Waals surface area contributed by atoms with Gasteiger partial charge in [0.15, 0.2) is 5.78 Å². The summed E-state index contributed by atoms with van der Waals surface area (Å²) in [4.78, 5) is 22.3. The van der Waals surface area contributed by atoms with Crippen LogP contribution in [0.1, 0.15) is 51.4 Å². The summed E-state index contributed by atoms with van der Waals surface area (Å²) in [6.07, 6.45) is 17.3. The van der Waals surface area contributed by atoms with E-state index < -0.39 is 5.97 Å². The van der Waals surface area contributed by atoms with Gasteiger partial charge in [-0.3, -0.25) is 4.79 Å². The monoisotopic (exact) mass is 260 g/mol. The van der Waals surface area contributed by atoms with Gasteiger partial charge in [-0.2, -0.15) is 0 Å². The SMILES string of the molecule is C#CCCCCCCCCC(=O)/C=C1/C=CC(=O)O1. The average molecular weight is 260 g/mol. The highest BCUT2D eigenvalue weighted by molar-refractivity contribution is 5.93. The summed E-state index contributed by atoms with van der Waals surface area (Å²) in [7, 11) is 0. The van der Waals surface area contributed by atoms with Crippen molar-refractivity contribution < 1.29 is 14.3 Å². The van der Waals surface area contributed by atoms with E-state index >= 15 is 0 Å². The number of rotatable bonds is 9. The minimum absolute atomic E-state index is 0.0154. The van der Waals surface area contributed by atoms with Crippen LogP contribution in [0.25, 0.3) is 0 Å². The average Bonchev–Trinajstić information content (AvgIpc) is 2.78. The number of allylic oxidation sites excluding steroid dienone is 2. The second-order valence-electron chi connectivity index (χ2n) is 4.59. The molecule has 1 aliphatic heterocycles. The third-order valence-electron chi connectivity index (χ3n) is 2.90. The summed E-state index contributed by atoms with van der Waals surface area (Å²) in [5.41, 5.74) is 0. The Labute approximate surface area is 114 Å². The van der Waals surface area contributed by atoms with Crippen molar-refractivity contribution in [2.75, 3.05) is 0 Å². The van der Waals surface area contributed by atoms with Crippen LogP contribution in [-0.2, 0) is 14.3 Å². The first-order valence-corrected chi connectivity index (χ1v) is 6.80. The number of carbonyl (C=O) groups is 2. The molecule has 1 heterocycles. The molecule has 3 heteroatoms. The van der Waals surface area contributed by atoms with Gasteiger partial charge in [0, 0.05) is 25.0 Å². The highest BCUT2D eigenvalue weighted by Crippen LogP contribution is 2.12. The van der Waals surface area contributed by atoms with Gasteiger partial charge in [0.25, 0.3) is 0 Å². The quantitative estimate of drug-likeness (QED) is 0.276. The van der Waals surface area contributed by atoms with E-state index in [1.54, 1.807) is 0 Å². The predicted molar refractivity (Wildman–Crippen MR) is 74.1 cm³/mol. The highest BCUT2D eigenvalue weighted by atomic mass is 16.5. The van der Waals surface area contributed by atoms with Crippen molar-refractivity contribution in [2.45, 2.75) is 51.4 Å². The van der Waals surface area contributed by atoms with Crippen molar-refractivity contribution in [3.63, 3.8) is 0 Å². The molecule has 0 spiro atoms. The molecule has 0 fully saturated rings. The number of unbranched alkanes of at least 4 members (excludes halogenated alkanes) is 6. The predicted octanol–water partition coefficient (Wildman–Crippen LogP) is 3.31. The van der Waals surface area contributed by atoms with Gasteiger partial charge in [-0.15, -0.1) is 12.3 Å². The van der Waals surface area contributed by atoms with Crippen molar-refractivity contribution in [1.82, 2.24) is 0 Å². The third kappa shape index (κ3) is 7.25. The Balaban J connectivity index is 2.01. The second kappa shape index (κ2) is 9.16. The summed E-state index contributed by atoms with van der Waals surface area (Å²) >= 11 is 0. The van der Waals surface area contributed by atoms with Gasteiger partial charge in [-0.1, -0.05) is 25.7 Å². The molecule has 0 unspecified atom stereocenters. The van der Waals surface area contributed by atoms with E-state index in [1.165, 1.54) is 31.1 Å². The first-order valence-electron chi connectivity index (χ1n) is 6.80. The Morgan fingerprint density at radius 3 is 2.47 bits per heavy atom. The Hall–Kier alpha value is -1.82. The van der Waals surface area contributed by atoms with Crippen molar-refractivity contribution in [1.29, 1.82) is 0 Å². The highest BCUT2D eigenvalue weighted by Gasteiger charge is 2.10. The number of terminal acetylenes is 1. The van der Waals surface area contributed by atoms with Gasteiger partial charge in [-0.05, 0) is 18.9 Å². The molecule has 0 saturated heterocycles. The zero-order valence-corrected chi connectivity index (χ0v) is 11.2. The summed E-state index contributed by atoms with van der Waals surface area (Å²) in [5, 5.41) is 0. The van der Waals surface area contributed by atoms with E-state index in [2.05, 4.69) is 5.92 Å². The molecule has 0 aromatic heterocycles. The third-order valence-corrected chi connectivity index (χ3v) is 2.90. The van der Waals surface area contributed by atoms with E-state index in [4.69, 9.17) is 11.2 Å². The molecule has 102 valence electrons. The maximum absolute atomic E-state index is 11.6. The van der Waals surface area contributed by atoms with Crippen molar-refractivity contribution in [3.8, 4) is 12.3 Å². The molecule has 0 aromatic rings. The number of carbonyl (C=O) groups excluding carboxylic acids is 2. The van der Waals surface area contributed by atoms with Gasteiger partial charge in [0.05, 0.1) is 0 Å². The standard InChI is InChI=1S/C16H20O3/c1-2-3-4-5-6-7-8-9-10-14(17)13-15-11-12-16(18)19-15/h1,11-13H,3-10H2/b15-13-. The molecule has 0 aliphatic carbocycles. The fourth-order valence-electron chi connectivity index (χ4n) is 1.88. The van der Waals surface area contributed by atoms with Crippen LogP contribution in [-0.4, -0.2) is 11.8 Å². The van der Waals surface area contributed by atoms with E-state index in [-0.39, 0.29) is 5.78 Å². The molecule has 19 heavy (non-hydrogen) atoms. The van der Waals surface area contributed by atoms with Gasteiger partial charge < -0.3 is 4.74 Å². The van der Waals surface area contributed by atoms with Gasteiger partial charge >= 0.3 is 5.97 Å². The fraction of sp³-hybridized carbons (Fsp3) is 0.500. The molecular formula is C16H20O3. The molecule has 0 aromatic carbocycles. The summed E-state index contributed by atoms with van der Waals surface area (Å²) in [6, 6.07) is 0. The van der Waals surface area contributed by atoms with E-state index in [0.717, 1.165) is 32.1 Å². The number of esters is 1. The lowest BCUT2D eigenvalue weighted by atomic mass is 10.1. The number of hydrogen-bond donors (Lipinski definition) is 0. The molecular weight excluding hydrogens is 240 g/mol. The zero-order valence-electron chi connectivity index (χ0n) is 11.2. The molecule has 0 bridgehead atoms. The van der Waals surface area contributed by atoms with Crippen molar-refractivity contribution in [3.05, 3.63) is 24.0 Å². The van der Waals surface area contributed by atoms with Crippen LogP contribution < -0.4 is 0 Å². The molecule has 0 atom stereocenters. The molecule has 0 saturated carbocycles. The lowest BCUT2D eigenvalue weighted by Gasteiger charge is -2.00. The van der Waals surface area contributed by atoms with Gasteiger partial charge in [-0.25, -0.2) is 4.79 Å². The maximum atomic E-state index is 11.6. The van der Waals surface area contributed by atoms with Crippen molar-refractivity contribution in [2.24, 2.45) is 0 Å².